The van der Waals surface area contributed by atoms with Crippen LogP contribution in [0.1, 0.15) is 19.4 Å². The van der Waals surface area contributed by atoms with E-state index in [2.05, 4.69) is 10.3 Å². The van der Waals surface area contributed by atoms with Gasteiger partial charge in [-0.05, 0) is 32.4 Å². The summed E-state index contributed by atoms with van der Waals surface area (Å²) in [6, 6.07) is 1.87. The lowest BCUT2D eigenvalue weighted by atomic mass is 9.95. The van der Waals surface area contributed by atoms with E-state index in [1.165, 1.54) is 0 Å². The number of pyridine rings is 1. The highest BCUT2D eigenvalue weighted by Gasteiger charge is 2.26. The third kappa shape index (κ3) is 3.20. The number of amides is 1. The molecule has 0 atom stereocenters. The van der Waals surface area contributed by atoms with Gasteiger partial charge >= 0.3 is 0 Å². The first-order chi connectivity index (χ1) is 6.95. The Labute approximate surface area is 94.9 Å². The molecule has 0 fully saturated rings. The van der Waals surface area contributed by atoms with E-state index in [9.17, 15) is 4.79 Å². The van der Waals surface area contributed by atoms with Gasteiger partial charge in [-0.3, -0.25) is 9.78 Å². The maximum Gasteiger partial charge on any atom is 0.231 e. The molecule has 0 unspecified atom stereocenters. The van der Waals surface area contributed by atoms with Gasteiger partial charge in [-0.2, -0.15) is 0 Å². The molecule has 0 aliphatic heterocycles. The summed E-state index contributed by atoms with van der Waals surface area (Å²) in [5.74, 6) is 0.197. The summed E-state index contributed by atoms with van der Waals surface area (Å²) in [5, 5.41) is 2.79. The van der Waals surface area contributed by atoms with E-state index >= 15 is 0 Å². The number of rotatable bonds is 3. The van der Waals surface area contributed by atoms with Crippen LogP contribution in [0.3, 0.4) is 0 Å². The molecule has 1 rings (SSSR count). The molecular formula is C11H15ClN2O. The smallest absolute Gasteiger partial charge is 0.231 e. The van der Waals surface area contributed by atoms with Crippen LogP contribution < -0.4 is 5.32 Å². The van der Waals surface area contributed by atoms with Gasteiger partial charge in [0.2, 0.25) is 5.91 Å². The van der Waals surface area contributed by atoms with Crippen LogP contribution in [-0.2, 0) is 4.79 Å². The first kappa shape index (κ1) is 12.0. The number of carbonyl (C=O) groups excluding carboxylic acids is 1. The van der Waals surface area contributed by atoms with E-state index < -0.39 is 5.41 Å². The lowest BCUT2D eigenvalue weighted by Crippen LogP contribution is -2.32. The lowest BCUT2D eigenvalue weighted by molar-refractivity contribution is -0.122. The van der Waals surface area contributed by atoms with Gasteiger partial charge in [0.15, 0.2) is 0 Å². The topological polar surface area (TPSA) is 42.0 Å². The zero-order valence-corrected chi connectivity index (χ0v) is 9.93. The van der Waals surface area contributed by atoms with Crippen molar-refractivity contribution in [2.24, 2.45) is 5.41 Å². The molecule has 1 N–H and O–H groups in total. The van der Waals surface area contributed by atoms with Gasteiger partial charge in [0, 0.05) is 12.1 Å². The number of aromatic nitrogens is 1. The van der Waals surface area contributed by atoms with Crippen LogP contribution in [-0.4, -0.2) is 16.8 Å². The van der Waals surface area contributed by atoms with E-state index in [1.54, 1.807) is 26.2 Å². The minimum atomic E-state index is -0.564. The molecule has 4 heteroatoms. The highest BCUT2D eigenvalue weighted by atomic mass is 35.5. The summed E-state index contributed by atoms with van der Waals surface area (Å²) in [6.07, 6.45) is 3.36. The number of anilines is 1. The van der Waals surface area contributed by atoms with Gasteiger partial charge in [-0.25, -0.2) is 0 Å². The van der Waals surface area contributed by atoms with Crippen LogP contribution in [0.5, 0.6) is 0 Å². The van der Waals surface area contributed by atoms with Crippen LogP contribution >= 0.6 is 11.6 Å². The van der Waals surface area contributed by atoms with Crippen LogP contribution in [0.4, 0.5) is 5.69 Å². The van der Waals surface area contributed by atoms with Crippen molar-refractivity contribution in [3.63, 3.8) is 0 Å². The Morgan fingerprint density at radius 1 is 1.53 bits per heavy atom. The van der Waals surface area contributed by atoms with Crippen LogP contribution in [0, 0.1) is 12.3 Å². The fourth-order valence-corrected chi connectivity index (χ4v) is 1.11. The molecule has 1 aromatic rings. The maximum atomic E-state index is 11.8. The summed E-state index contributed by atoms with van der Waals surface area (Å²) in [5.41, 5.74) is 1.15. The van der Waals surface area contributed by atoms with Crippen molar-refractivity contribution in [1.29, 1.82) is 0 Å². The van der Waals surface area contributed by atoms with Crippen LogP contribution in [0.15, 0.2) is 18.5 Å². The molecule has 0 bridgehead atoms. The zero-order chi connectivity index (χ0) is 11.5. The third-order valence-corrected chi connectivity index (χ3v) is 2.75. The molecule has 0 aliphatic carbocycles. The number of halogens is 1. The molecule has 0 radical (unpaired) electrons. The Bertz CT molecular complexity index is 363. The first-order valence-corrected chi connectivity index (χ1v) is 5.28. The molecule has 1 heterocycles. The molecule has 82 valence electrons. The van der Waals surface area contributed by atoms with Crippen molar-refractivity contribution >= 4 is 23.2 Å². The predicted molar refractivity (Wildman–Crippen MR) is 62.1 cm³/mol. The molecule has 0 saturated heterocycles. The number of hydrogen-bond acceptors (Lipinski definition) is 2. The van der Waals surface area contributed by atoms with Crippen molar-refractivity contribution in [2.75, 3.05) is 11.2 Å². The highest BCUT2D eigenvalue weighted by molar-refractivity contribution is 6.20. The highest BCUT2D eigenvalue weighted by Crippen LogP contribution is 2.20. The number of aryl methyl sites for hydroxylation is 1. The summed E-state index contributed by atoms with van der Waals surface area (Å²) >= 11 is 5.71. The predicted octanol–water partition coefficient (Wildman–Crippen LogP) is 2.59. The minimum Gasteiger partial charge on any atom is -0.324 e. The fraction of sp³-hybridized carbons (Fsp3) is 0.455. The molecule has 0 aromatic carbocycles. The van der Waals surface area contributed by atoms with Gasteiger partial charge in [0.05, 0.1) is 17.3 Å². The van der Waals surface area contributed by atoms with Crippen LogP contribution in [0.2, 0.25) is 0 Å². The van der Waals surface area contributed by atoms with Crippen molar-refractivity contribution in [3.05, 3.63) is 24.0 Å². The Kier molecular flexibility index (Phi) is 3.69. The molecule has 0 saturated carbocycles. The van der Waals surface area contributed by atoms with Gasteiger partial charge < -0.3 is 5.32 Å². The summed E-state index contributed by atoms with van der Waals surface area (Å²) in [6.45, 7) is 5.53. The molecular weight excluding hydrogens is 212 g/mol. The molecule has 1 aromatic heterocycles. The van der Waals surface area contributed by atoms with E-state index in [0.717, 1.165) is 5.56 Å². The van der Waals surface area contributed by atoms with Crippen molar-refractivity contribution in [1.82, 2.24) is 4.98 Å². The largest absolute Gasteiger partial charge is 0.324 e. The molecule has 0 aliphatic rings. The first-order valence-electron chi connectivity index (χ1n) is 4.75. The van der Waals surface area contributed by atoms with Crippen molar-refractivity contribution in [3.8, 4) is 0 Å². The Balaban J connectivity index is 2.75. The van der Waals surface area contributed by atoms with Gasteiger partial charge in [-0.15, -0.1) is 11.6 Å². The second-order valence-corrected chi connectivity index (χ2v) is 4.49. The molecule has 1 amide bonds. The number of nitrogens with one attached hydrogen (secondary N) is 1. The average Bonchev–Trinajstić information content (AvgIpc) is 2.17. The molecule has 0 spiro atoms. The van der Waals surface area contributed by atoms with Crippen molar-refractivity contribution < 1.29 is 4.79 Å². The van der Waals surface area contributed by atoms with E-state index in [1.807, 2.05) is 13.0 Å². The minimum absolute atomic E-state index is 0.0927. The monoisotopic (exact) mass is 226 g/mol. The summed E-state index contributed by atoms with van der Waals surface area (Å²) in [4.78, 5) is 15.8. The number of alkyl halides is 1. The standard InChI is InChI=1S/C11H15ClN2O/c1-8-4-9(6-13-5-8)14-10(15)11(2,3)7-12/h4-6H,7H2,1-3H3,(H,14,15). The second kappa shape index (κ2) is 4.62. The lowest BCUT2D eigenvalue weighted by Gasteiger charge is -2.20. The van der Waals surface area contributed by atoms with Crippen molar-refractivity contribution in [2.45, 2.75) is 20.8 Å². The third-order valence-electron chi connectivity index (χ3n) is 2.08. The number of hydrogen-bond donors (Lipinski definition) is 1. The maximum absolute atomic E-state index is 11.8. The summed E-state index contributed by atoms with van der Waals surface area (Å²) < 4.78 is 0. The zero-order valence-electron chi connectivity index (χ0n) is 9.17. The van der Waals surface area contributed by atoms with Gasteiger partial charge in [0.25, 0.3) is 0 Å². The summed E-state index contributed by atoms with van der Waals surface area (Å²) in [7, 11) is 0. The molecule has 15 heavy (non-hydrogen) atoms. The quantitative estimate of drug-likeness (QED) is 0.805. The Morgan fingerprint density at radius 2 is 2.20 bits per heavy atom. The average molecular weight is 227 g/mol. The van der Waals surface area contributed by atoms with E-state index in [-0.39, 0.29) is 11.8 Å². The molecule has 3 nitrogen and oxygen atoms in total. The number of carbonyl (C=O) groups is 1. The van der Waals surface area contributed by atoms with Gasteiger partial charge in [0.1, 0.15) is 0 Å². The normalized spacial score (nSPS) is 11.2. The van der Waals surface area contributed by atoms with E-state index in [0.29, 0.717) is 5.69 Å². The Hall–Kier alpha value is -1.09. The SMILES string of the molecule is Cc1cncc(NC(=O)C(C)(C)CCl)c1. The number of nitrogens with zero attached hydrogens (tertiary/aromatic N) is 1. The van der Waals surface area contributed by atoms with Crippen LogP contribution in [0.25, 0.3) is 0 Å². The van der Waals surface area contributed by atoms with E-state index in [4.69, 9.17) is 11.6 Å². The Morgan fingerprint density at radius 3 is 2.73 bits per heavy atom. The van der Waals surface area contributed by atoms with Gasteiger partial charge in [-0.1, -0.05) is 0 Å². The second-order valence-electron chi connectivity index (χ2n) is 4.22. The fourth-order valence-electron chi connectivity index (χ4n) is 0.984.